The Kier molecular flexibility index (Phi) is 5.45. The number of carbonyl (C=O) groups is 1. The van der Waals surface area contributed by atoms with Crippen LogP contribution in [0.5, 0.6) is 5.75 Å². The molecule has 2 fully saturated rings. The van der Waals surface area contributed by atoms with Crippen LogP contribution in [-0.4, -0.2) is 40.4 Å². The summed E-state index contributed by atoms with van der Waals surface area (Å²) in [5.41, 5.74) is 7.27. The molecule has 1 aromatic carbocycles. The van der Waals surface area contributed by atoms with Crippen LogP contribution in [0.4, 0.5) is 5.69 Å². The molecular formula is C19H26N4O3S. The fourth-order valence-corrected chi connectivity index (χ4v) is 4.98. The molecule has 0 radical (unpaired) electrons. The number of carbonyl (C=O) groups excluding carboxylic acids is 1. The molecule has 2 atom stereocenters. The Balaban J connectivity index is 1.47. The Hall–Kier alpha value is -1.93. The second-order valence-corrected chi connectivity index (χ2v) is 8.37. The number of ether oxygens (including phenoxy) is 1. The van der Waals surface area contributed by atoms with Crippen molar-refractivity contribution in [3.63, 3.8) is 0 Å². The van der Waals surface area contributed by atoms with Gasteiger partial charge in [0, 0.05) is 12.5 Å². The molecule has 2 heterocycles. The highest BCUT2D eigenvalue weighted by Gasteiger charge is 2.33. The van der Waals surface area contributed by atoms with Crippen LogP contribution in [0.3, 0.4) is 0 Å². The van der Waals surface area contributed by atoms with Crippen molar-refractivity contribution in [3.05, 3.63) is 23.8 Å². The fourth-order valence-electron chi connectivity index (χ4n) is 4.31. The largest absolute Gasteiger partial charge is 0.566 e. The van der Waals surface area contributed by atoms with E-state index < -0.39 is 11.5 Å². The predicted molar refractivity (Wildman–Crippen MR) is 106 cm³/mol. The average molecular weight is 391 g/mol. The summed E-state index contributed by atoms with van der Waals surface area (Å²) in [5, 5.41) is 0. The van der Waals surface area contributed by atoms with Crippen molar-refractivity contribution in [2.24, 2.45) is 16.0 Å². The third kappa shape index (κ3) is 3.87. The van der Waals surface area contributed by atoms with E-state index in [2.05, 4.69) is 9.12 Å². The number of nitrogens with one attached hydrogen (secondary N) is 1. The lowest BCUT2D eigenvalue weighted by Gasteiger charge is -2.37. The van der Waals surface area contributed by atoms with E-state index in [9.17, 15) is 9.35 Å². The maximum Gasteiger partial charge on any atom is 0.226 e. The molecule has 0 spiro atoms. The summed E-state index contributed by atoms with van der Waals surface area (Å²) in [6.07, 6.45) is 7.49. The lowest BCUT2D eigenvalue weighted by atomic mass is 9.98. The molecule has 1 amide bonds. The number of benzene rings is 1. The molecular weight excluding hydrogens is 364 g/mol. The minimum atomic E-state index is -1.56. The molecule has 0 bridgehead atoms. The first-order chi connectivity index (χ1) is 13.1. The summed E-state index contributed by atoms with van der Waals surface area (Å²) in [6, 6.07) is 5.56. The molecule has 27 heavy (non-hydrogen) atoms. The van der Waals surface area contributed by atoms with Gasteiger partial charge in [0.1, 0.15) is 12.4 Å². The monoisotopic (exact) mass is 390 g/mol. The molecule has 7 nitrogen and oxygen atoms in total. The maximum absolute atomic E-state index is 12.9. The van der Waals surface area contributed by atoms with Crippen LogP contribution >= 0.6 is 0 Å². The van der Waals surface area contributed by atoms with E-state index in [1.807, 2.05) is 17.0 Å². The van der Waals surface area contributed by atoms with Gasteiger partial charge in [-0.2, -0.15) is 4.72 Å². The van der Waals surface area contributed by atoms with Gasteiger partial charge >= 0.3 is 0 Å². The highest BCUT2D eigenvalue weighted by Crippen LogP contribution is 2.32. The van der Waals surface area contributed by atoms with Crippen molar-refractivity contribution in [1.29, 1.82) is 0 Å². The Morgan fingerprint density at radius 2 is 2.07 bits per heavy atom. The van der Waals surface area contributed by atoms with Gasteiger partial charge in [0.25, 0.3) is 0 Å². The van der Waals surface area contributed by atoms with Crippen LogP contribution in [0.1, 0.15) is 50.5 Å². The van der Waals surface area contributed by atoms with Gasteiger partial charge in [0.05, 0.1) is 17.3 Å². The van der Waals surface area contributed by atoms with E-state index in [1.165, 1.54) is 0 Å². The molecule has 1 aromatic rings. The van der Waals surface area contributed by atoms with Gasteiger partial charge in [0.15, 0.2) is 5.84 Å². The molecule has 2 aliphatic heterocycles. The van der Waals surface area contributed by atoms with E-state index >= 15 is 0 Å². The van der Waals surface area contributed by atoms with E-state index in [0.717, 1.165) is 51.5 Å². The lowest BCUT2D eigenvalue weighted by molar-refractivity contribution is -0.139. The van der Waals surface area contributed by atoms with E-state index in [1.54, 1.807) is 6.07 Å². The van der Waals surface area contributed by atoms with E-state index in [0.29, 0.717) is 29.5 Å². The minimum absolute atomic E-state index is 0.0894. The van der Waals surface area contributed by atoms with Gasteiger partial charge in [0.2, 0.25) is 17.5 Å². The molecule has 2 unspecified atom stereocenters. The molecule has 3 aliphatic rings. The molecule has 0 aromatic heterocycles. The number of amides is 1. The van der Waals surface area contributed by atoms with Crippen LogP contribution in [-0.2, 0) is 16.3 Å². The number of likely N-dealkylation sites (tertiary alicyclic amines) is 1. The summed E-state index contributed by atoms with van der Waals surface area (Å²) in [5.74, 6) is 1.31. The predicted octanol–water partition coefficient (Wildman–Crippen LogP) is 2.35. The van der Waals surface area contributed by atoms with Crippen LogP contribution in [0.25, 0.3) is 0 Å². The van der Waals surface area contributed by atoms with E-state index in [-0.39, 0.29) is 17.8 Å². The fraction of sp³-hybridized carbons (Fsp3) is 0.579. The Bertz CT molecular complexity index is 736. The number of rotatable bonds is 4. The van der Waals surface area contributed by atoms with Crippen molar-refractivity contribution in [1.82, 2.24) is 4.90 Å². The van der Waals surface area contributed by atoms with Crippen molar-refractivity contribution in [2.75, 3.05) is 17.9 Å². The number of fused-ring (bicyclic) bond motifs is 1. The van der Waals surface area contributed by atoms with Gasteiger partial charge in [-0.1, -0.05) is 18.9 Å². The van der Waals surface area contributed by atoms with Crippen molar-refractivity contribution < 1.29 is 14.1 Å². The van der Waals surface area contributed by atoms with Gasteiger partial charge in [-0.3, -0.25) is 4.79 Å². The Labute approximate surface area is 162 Å². The zero-order valence-corrected chi connectivity index (χ0v) is 16.2. The quantitative estimate of drug-likeness (QED) is 0.768. The number of hydrogen-bond donors (Lipinski definition) is 2. The molecule has 1 saturated carbocycles. The number of amidine groups is 1. The smallest absolute Gasteiger partial charge is 0.226 e. The second kappa shape index (κ2) is 7.98. The first kappa shape index (κ1) is 18.4. The third-order valence-electron chi connectivity index (χ3n) is 5.71. The van der Waals surface area contributed by atoms with Gasteiger partial charge in [-0.15, -0.1) is 0 Å². The molecule has 3 N–H and O–H groups in total. The standard InChI is InChI=1S/C19H26N4O3S/c20-18-17-15(21-27(25)22-18)9-5-10-16(17)26-12-14-8-3-4-11-23(14)19(24)13-6-1-2-7-13/h5,9-10,13-14,21H,1-4,6-8,11-12H2,(H2,20,22). The Morgan fingerprint density at radius 1 is 1.30 bits per heavy atom. The highest BCUT2D eigenvalue weighted by atomic mass is 32.2. The molecule has 8 heteroatoms. The summed E-state index contributed by atoms with van der Waals surface area (Å²) in [7, 11) is 0. The molecule has 1 aliphatic carbocycles. The first-order valence-electron chi connectivity index (χ1n) is 9.73. The van der Waals surface area contributed by atoms with Crippen molar-refractivity contribution >= 4 is 29.0 Å². The normalized spacial score (nSPS) is 25.5. The number of hydrogen-bond acceptors (Lipinski definition) is 6. The third-order valence-corrected chi connectivity index (χ3v) is 6.46. The summed E-state index contributed by atoms with van der Waals surface area (Å²) in [4.78, 5) is 15.0. The number of piperidine rings is 1. The van der Waals surface area contributed by atoms with Crippen LogP contribution in [0.15, 0.2) is 22.6 Å². The highest BCUT2D eigenvalue weighted by molar-refractivity contribution is 7.91. The lowest BCUT2D eigenvalue weighted by Crippen LogP contribution is -2.48. The molecule has 146 valence electrons. The van der Waals surface area contributed by atoms with Gasteiger partial charge < -0.3 is 19.9 Å². The van der Waals surface area contributed by atoms with Crippen molar-refractivity contribution in [2.45, 2.75) is 51.0 Å². The first-order valence-corrected chi connectivity index (χ1v) is 10.8. The maximum atomic E-state index is 12.9. The van der Waals surface area contributed by atoms with E-state index in [4.69, 9.17) is 10.5 Å². The molecule has 4 rings (SSSR count). The van der Waals surface area contributed by atoms with Gasteiger partial charge in [-0.05, 0) is 48.6 Å². The van der Waals surface area contributed by atoms with Crippen LogP contribution in [0, 0.1) is 5.92 Å². The molecule has 1 saturated heterocycles. The summed E-state index contributed by atoms with van der Waals surface area (Å²) >= 11 is -1.56. The zero-order valence-electron chi connectivity index (χ0n) is 15.4. The number of nitrogens with two attached hydrogens (primary N) is 1. The van der Waals surface area contributed by atoms with Gasteiger partial charge in [-0.25, -0.2) is 0 Å². The SMILES string of the molecule is NC1=N[S+]([O-])Nc2cccc(OCC3CCCCN3C(=O)C3CCCC3)c21. The number of nitrogens with zero attached hydrogens (tertiary/aromatic N) is 2. The number of anilines is 1. The summed E-state index contributed by atoms with van der Waals surface area (Å²) < 4.78 is 24.4. The van der Waals surface area contributed by atoms with Crippen molar-refractivity contribution in [3.8, 4) is 5.75 Å². The summed E-state index contributed by atoms with van der Waals surface area (Å²) in [6.45, 7) is 1.26. The second-order valence-electron chi connectivity index (χ2n) is 7.48. The zero-order chi connectivity index (χ0) is 18.8. The topological polar surface area (TPSA) is 103 Å². The minimum Gasteiger partial charge on any atom is -0.566 e. The van der Waals surface area contributed by atoms with Crippen LogP contribution < -0.4 is 15.2 Å². The average Bonchev–Trinajstić information content (AvgIpc) is 3.20. The Morgan fingerprint density at radius 3 is 2.89 bits per heavy atom. The van der Waals surface area contributed by atoms with Crippen LogP contribution in [0.2, 0.25) is 0 Å².